The van der Waals surface area contributed by atoms with Crippen LogP contribution >= 0.6 is 7.60 Å². The van der Waals surface area contributed by atoms with Gasteiger partial charge in [-0.1, -0.05) is 0 Å². The lowest BCUT2D eigenvalue weighted by Crippen LogP contribution is -2.17. The van der Waals surface area contributed by atoms with Gasteiger partial charge in [-0.3, -0.25) is 4.57 Å². The molecule has 8 heteroatoms. The quantitative estimate of drug-likeness (QED) is 0.521. The molecule has 1 atom stereocenters. The van der Waals surface area contributed by atoms with Crippen molar-refractivity contribution < 1.29 is 18.7 Å². The Kier molecular flexibility index (Phi) is 6.80. The van der Waals surface area contributed by atoms with E-state index in [9.17, 15) is 9.46 Å². The Morgan fingerprint density at radius 3 is 2.83 bits per heavy atom. The third-order valence-corrected chi connectivity index (χ3v) is 5.09. The van der Waals surface area contributed by atoms with Crippen LogP contribution in [0.1, 0.15) is 13.3 Å². The first-order valence-electron chi connectivity index (χ1n) is 8.10. The summed E-state index contributed by atoms with van der Waals surface area (Å²) in [5, 5.41) is 0. The van der Waals surface area contributed by atoms with E-state index in [0.717, 1.165) is 23.3 Å². The SMILES string of the molecule is CCn1cnc2ccc(OCCCP(=O)(O)OCCN(C)C)cc21. The summed E-state index contributed by atoms with van der Waals surface area (Å²) < 4.78 is 24.7. The van der Waals surface area contributed by atoms with Gasteiger partial charge in [-0.2, -0.15) is 0 Å². The highest BCUT2D eigenvalue weighted by molar-refractivity contribution is 7.52. The number of hydrogen-bond acceptors (Lipinski definition) is 5. The zero-order valence-electron chi connectivity index (χ0n) is 14.5. The Balaban J connectivity index is 1.78. The molecule has 0 aliphatic carbocycles. The molecule has 2 rings (SSSR count). The van der Waals surface area contributed by atoms with Gasteiger partial charge in [0.1, 0.15) is 5.75 Å². The largest absolute Gasteiger partial charge is 0.493 e. The lowest BCUT2D eigenvalue weighted by molar-refractivity contribution is 0.225. The molecule has 0 aliphatic rings. The standard InChI is InChI=1S/C16H26N3O4P/c1-4-19-13-17-15-7-6-14(12-16(15)19)22-9-5-11-24(20,21)23-10-8-18(2)3/h6-7,12-13H,4-5,8-11H2,1-3H3,(H,20,21). The van der Waals surface area contributed by atoms with Crippen LogP contribution in [-0.4, -0.2) is 59.4 Å². The van der Waals surface area contributed by atoms with Crippen molar-refractivity contribution in [3.05, 3.63) is 24.5 Å². The van der Waals surface area contributed by atoms with Crippen LogP contribution in [0.3, 0.4) is 0 Å². The number of aromatic nitrogens is 2. The van der Waals surface area contributed by atoms with E-state index in [-0.39, 0.29) is 12.8 Å². The molecule has 0 amide bonds. The van der Waals surface area contributed by atoms with Gasteiger partial charge in [-0.05, 0) is 39.6 Å². The summed E-state index contributed by atoms with van der Waals surface area (Å²) in [7, 11) is 0.247. The fraction of sp³-hybridized carbons (Fsp3) is 0.562. The van der Waals surface area contributed by atoms with Gasteiger partial charge in [0.05, 0.1) is 36.7 Å². The lowest BCUT2D eigenvalue weighted by atomic mass is 10.3. The van der Waals surface area contributed by atoms with E-state index in [1.807, 2.05) is 48.1 Å². The van der Waals surface area contributed by atoms with Gasteiger partial charge in [0.2, 0.25) is 0 Å². The molecule has 2 aromatic rings. The molecular weight excluding hydrogens is 329 g/mol. The number of benzene rings is 1. The van der Waals surface area contributed by atoms with E-state index in [2.05, 4.69) is 11.9 Å². The first kappa shape index (κ1) is 18.9. The van der Waals surface area contributed by atoms with Gasteiger partial charge in [-0.15, -0.1) is 0 Å². The summed E-state index contributed by atoms with van der Waals surface area (Å²) in [6.07, 6.45) is 2.36. The lowest BCUT2D eigenvalue weighted by Gasteiger charge is -2.14. The number of ether oxygens (including phenoxy) is 1. The van der Waals surface area contributed by atoms with Crippen LogP contribution in [0, 0.1) is 0 Å². The maximum atomic E-state index is 11.9. The predicted molar refractivity (Wildman–Crippen MR) is 94.7 cm³/mol. The highest BCUT2D eigenvalue weighted by Crippen LogP contribution is 2.42. The molecule has 0 fully saturated rings. The van der Waals surface area contributed by atoms with Crippen molar-refractivity contribution in [2.24, 2.45) is 0 Å². The molecule has 24 heavy (non-hydrogen) atoms. The van der Waals surface area contributed by atoms with Crippen molar-refractivity contribution in [3.8, 4) is 5.75 Å². The third-order valence-electron chi connectivity index (χ3n) is 3.62. The maximum absolute atomic E-state index is 11.9. The summed E-state index contributed by atoms with van der Waals surface area (Å²) in [6, 6.07) is 5.72. The van der Waals surface area contributed by atoms with E-state index >= 15 is 0 Å². The van der Waals surface area contributed by atoms with Crippen molar-refractivity contribution >= 4 is 18.6 Å². The van der Waals surface area contributed by atoms with Crippen LogP contribution in [0.25, 0.3) is 11.0 Å². The predicted octanol–water partition coefficient (Wildman–Crippen LogP) is 2.59. The zero-order chi connectivity index (χ0) is 17.6. The first-order valence-corrected chi connectivity index (χ1v) is 9.86. The monoisotopic (exact) mass is 355 g/mol. The average Bonchev–Trinajstić information content (AvgIpc) is 2.93. The van der Waals surface area contributed by atoms with Gasteiger partial charge in [0, 0.05) is 19.2 Å². The number of aryl methyl sites for hydroxylation is 1. The molecule has 0 spiro atoms. The molecule has 1 N–H and O–H groups in total. The fourth-order valence-electron chi connectivity index (χ4n) is 2.26. The van der Waals surface area contributed by atoms with Crippen molar-refractivity contribution in [1.29, 1.82) is 0 Å². The van der Waals surface area contributed by atoms with Crippen LogP contribution in [-0.2, 0) is 15.6 Å². The molecule has 1 heterocycles. The third kappa shape index (κ3) is 5.60. The van der Waals surface area contributed by atoms with Crippen LogP contribution in [0.4, 0.5) is 0 Å². The molecule has 1 aromatic heterocycles. The van der Waals surface area contributed by atoms with Crippen molar-refractivity contribution in [2.75, 3.05) is 40.0 Å². The summed E-state index contributed by atoms with van der Waals surface area (Å²) in [4.78, 5) is 16.0. The molecule has 1 unspecified atom stereocenters. The van der Waals surface area contributed by atoms with E-state index in [0.29, 0.717) is 19.6 Å². The number of rotatable bonds is 10. The smallest absolute Gasteiger partial charge is 0.328 e. The summed E-state index contributed by atoms with van der Waals surface area (Å²) in [5.41, 5.74) is 1.95. The molecule has 0 saturated heterocycles. The molecule has 0 aliphatic heterocycles. The van der Waals surface area contributed by atoms with E-state index in [4.69, 9.17) is 9.26 Å². The molecule has 134 valence electrons. The van der Waals surface area contributed by atoms with E-state index in [1.165, 1.54) is 0 Å². The highest BCUT2D eigenvalue weighted by Gasteiger charge is 2.18. The minimum Gasteiger partial charge on any atom is -0.493 e. The second-order valence-electron chi connectivity index (χ2n) is 5.88. The number of fused-ring (bicyclic) bond motifs is 1. The summed E-state index contributed by atoms with van der Waals surface area (Å²) in [5.74, 6) is 0.735. The molecule has 0 bridgehead atoms. The average molecular weight is 355 g/mol. The molecule has 1 aromatic carbocycles. The van der Waals surface area contributed by atoms with Crippen molar-refractivity contribution in [1.82, 2.24) is 14.5 Å². The Labute approximate surface area is 142 Å². The number of imidazole rings is 1. The molecule has 7 nitrogen and oxygen atoms in total. The second-order valence-corrected chi connectivity index (χ2v) is 7.86. The Morgan fingerprint density at radius 2 is 2.12 bits per heavy atom. The minimum absolute atomic E-state index is 0.0928. The van der Waals surface area contributed by atoms with Crippen LogP contribution in [0.15, 0.2) is 24.5 Å². The van der Waals surface area contributed by atoms with Crippen LogP contribution in [0.2, 0.25) is 0 Å². The Morgan fingerprint density at radius 1 is 1.33 bits per heavy atom. The van der Waals surface area contributed by atoms with Crippen molar-refractivity contribution in [3.63, 3.8) is 0 Å². The van der Waals surface area contributed by atoms with Gasteiger partial charge in [0.25, 0.3) is 0 Å². The molecule has 0 saturated carbocycles. The number of hydrogen-bond donors (Lipinski definition) is 1. The van der Waals surface area contributed by atoms with Crippen LogP contribution < -0.4 is 4.74 Å². The fourth-order valence-corrected chi connectivity index (χ4v) is 3.29. The second kappa shape index (κ2) is 8.62. The van der Waals surface area contributed by atoms with Gasteiger partial charge < -0.3 is 23.6 Å². The highest BCUT2D eigenvalue weighted by atomic mass is 31.2. The zero-order valence-corrected chi connectivity index (χ0v) is 15.4. The molecular formula is C16H26N3O4P. The Hall–Kier alpha value is -1.40. The summed E-state index contributed by atoms with van der Waals surface area (Å²) in [6.45, 7) is 4.14. The normalized spacial score (nSPS) is 14.2. The number of likely N-dealkylation sites (N-methyl/N-ethyl adjacent to an activating group) is 1. The van der Waals surface area contributed by atoms with E-state index in [1.54, 1.807) is 0 Å². The van der Waals surface area contributed by atoms with Crippen molar-refractivity contribution in [2.45, 2.75) is 19.9 Å². The Bertz CT molecular complexity index is 702. The van der Waals surface area contributed by atoms with Gasteiger partial charge >= 0.3 is 7.60 Å². The van der Waals surface area contributed by atoms with Crippen LogP contribution in [0.5, 0.6) is 5.75 Å². The molecule has 0 radical (unpaired) electrons. The topological polar surface area (TPSA) is 76.8 Å². The first-order chi connectivity index (χ1) is 11.4. The van der Waals surface area contributed by atoms with Gasteiger partial charge in [0.15, 0.2) is 0 Å². The number of nitrogens with zero attached hydrogens (tertiary/aromatic N) is 3. The summed E-state index contributed by atoms with van der Waals surface area (Å²) >= 11 is 0. The van der Waals surface area contributed by atoms with Gasteiger partial charge in [-0.25, -0.2) is 4.98 Å². The maximum Gasteiger partial charge on any atom is 0.328 e. The minimum atomic E-state index is -3.53. The van der Waals surface area contributed by atoms with E-state index < -0.39 is 7.60 Å².